The molecule has 1 rings (SSSR count). The molecule has 0 radical (unpaired) electrons. The van der Waals surface area contributed by atoms with E-state index in [4.69, 9.17) is 15.1 Å². The largest absolute Gasteiger partial charge is 0.497 e. The van der Waals surface area contributed by atoms with E-state index in [1.165, 1.54) is 0 Å². The van der Waals surface area contributed by atoms with Gasteiger partial charge in [-0.05, 0) is 17.7 Å². The van der Waals surface area contributed by atoms with Crippen molar-refractivity contribution in [2.24, 2.45) is 0 Å². The first-order chi connectivity index (χ1) is 7.31. The summed E-state index contributed by atoms with van der Waals surface area (Å²) < 4.78 is 5.02. The highest BCUT2D eigenvalue weighted by molar-refractivity contribution is 5.31. The molecule has 0 aliphatic heterocycles. The molecule has 0 fully saturated rings. The maximum absolute atomic E-state index is 8.91. The van der Waals surface area contributed by atoms with Crippen LogP contribution in [0.15, 0.2) is 24.3 Å². The van der Waals surface area contributed by atoms with Gasteiger partial charge < -0.3 is 9.84 Å². The van der Waals surface area contributed by atoms with Crippen molar-refractivity contribution in [3.05, 3.63) is 29.8 Å². The molecule has 0 aliphatic carbocycles. The number of nitrogens with one attached hydrogen (secondary N) is 1. The lowest BCUT2D eigenvalue weighted by atomic mass is 10.1. The van der Waals surface area contributed by atoms with Crippen molar-refractivity contribution in [1.29, 1.82) is 5.26 Å². The van der Waals surface area contributed by atoms with Gasteiger partial charge in [0.05, 0.1) is 19.8 Å². The van der Waals surface area contributed by atoms with Crippen molar-refractivity contribution in [3.63, 3.8) is 0 Å². The van der Waals surface area contributed by atoms with E-state index in [0.717, 1.165) is 11.3 Å². The van der Waals surface area contributed by atoms with E-state index in [0.29, 0.717) is 6.54 Å². The van der Waals surface area contributed by atoms with Gasteiger partial charge in [0.25, 0.3) is 0 Å². The molecule has 0 aromatic heterocycles. The van der Waals surface area contributed by atoms with Crippen LogP contribution < -0.4 is 10.1 Å². The van der Waals surface area contributed by atoms with Crippen molar-refractivity contribution in [2.45, 2.75) is 6.04 Å². The van der Waals surface area contributed by atoms with E-state index in [9.17, 15) is 0 Å². The molecule has 0 spiro atoms. The molecular formula is C11H14N2O2. The van der Waals surface area contributed by atoms with Gasteiger partial charge in [0.2, 0.25) is 0 Å². The minimum Gasteiger partial charge on any atom is -0.497 e. The summed E-state index contributed by atoms with van der Waals surface area (Å²) in [6.07, 6.45) is 0. The minimum atomic E-state index is -0.386. The lowest BCUT2D eigenvalue weighted by Gasteiger charge is -2.11. The zero-order valence-corrected chi connectivity index (χ0v) is 8.60. The highest BCUT2D eigenvalue weighted by Crippen LogP contribution is 2.16. The highest BCUT2D eigenvalue weighted by atomic mass is 16.5. The normalized spacial score (nSPS) is 11.8. The Labute approximate surface area is 89.1 Å². The number of ether oxygens (including phenoxy) is 1. The topological polar surface area (TPSA) is 65.3 Å². The fourth-order valence-electron chi connectivity index (χ4n) is 1.24. The number of aliphatic hydroxyl groups excluding tert-OH is 1. The van der Waals surface area contributed by atoms with Gasteiger partial charge in [0.15, 0.2) is 0 Å². The van der Waals surface area contributed by atoms with Crippen LogP contribution in [0.2, 0.25) is 0 Å². The molecular weight excluding hydrogens is 192 g/mol. The van der Waals surface area contributed by atoms with Crippen LogP contribution >= 0.6 is 0 Å². The van der Waals surface area contributed by atoms with Crippen LogP contribution in [0.4, 0.5) is 0 Å². The van der Waals surface area contributed by atoms with Crippen LogP contribution in [0.25, 0.3) is 0 Å². The molecule has 1 aromatic carbocycles. The van der Waals surface area contributed by atoms with Gasteiger partial charge in [-0.25, -0.2) is 0 Å². The van der Waals surface area contributed by atoms with Crippen molar-refractivity contribution < 1.29 is 9.84 Å². The molecule has 0 heterocycles. The van der Waals surface area contributed by atoms with Crippen molar-refractivity contribution >= 4 is 0 Å². The molecule has 0 saturated heterocycles. The number of benzene rings is 1. The van der Waals surface area contributed by atoms with E-state index in [1.54, 1.807) is 19.2 Å². The standard InChI is InChI=1S/C11H14N2O2/c1-15-10-4-2-9(3-5-10)11(8-12)13-6-7-14/h2-5,11,13-14H,6-7H2,1H3. The zero-order valence-electron chi connectivity index (χ0n) is 8.60. The quantitative estimate of drug-likeness (QED) is 0.749. The summed E-state index contributed by atoms with van der Waals surface area (Å²) in [6.45, 7) is 0.429. The summed E-state index contributed by atoms with van der Waals surface area (Å²) in [4.78, 5) is 0. The molecule has 1 aromatic rings. The van der Waals surface area contributed by atoms with E-state index in [2.05, 4.69) is 11.4 Å². The Hall–Kier alpha value is -1.57. The number of nitriles is 1. The fraction of sp³-hybridized carbons (Fsp3) is 0.364. The average Bonchev–Trinajstić information content (AvgIpc) is 2.31. The Bertz CT molecular complexity index is 329. The molecule has 0 saturated carbocycles. The predicted octanol–water partition coefficient (Wildman–Crippen LogP) is 0.842. The Morgan fingerprint density at radius 1 is 1.47 bits per heavy atom. The second-order valence-corrected chi connectivity index (χ2v) is 3.01. The summed E-state index contributed by atoms with van der Waals surface area (Å²) in [5.74, 6) is 0.762. The van der Waals surface area contributed by atoms with Crippen molar-refractivity contribution in [2.75, 3.05) is 20.3 Å². The number of methoxy groups -OCH3 is 1. The van der Waals surface area contributed by atoms with Gasteiger partial charge in [-0.2, -0.15) is 5.26 Å². The van der Waals surface area contributed by atoms with Gasteiger partial charge in [-0.15, -0.1) is 0 Å². The third kappa shape index (κ3) is 3.24. The number of rotatable bonds is 5. The monoisotopic (exact) mass is 206 g/mol. The molecule has 0 aliphatic rings. The Kier molecular flexibility index (Phi) is 4.61. The summed E-state index contributed by atoms with van der Waals surface area (Å²) in [5.41, 5.74) is 0.867. The summed E-state index contributed by atoms with van der Waals surface area (Å²) in [7, 11) is 1.60. The molecule has 2 N–H and O–H groups in total. The third-order valence-electron chi connectivity index (χ3n) is 2.04. The maximum atomic E-state index is 8.91. The Balaban J connectivity index is 2.70. The average molecular weight is 206 g/mol. The molecule has 4 heteroatoms. The Morgan fingerprint density at radius 2 is 2.13 bits per heavy atom. The first-order valence-electron chi connectivity index (χ1n) is 4.69. The van der Waals surface area contributed by atoms with Crippen LogP contribution in [0, 0.1) is 11.3 Å². The molecule has 80 valence electrons. The highest BCUT2D eigenvalue weighted by Gasteiger charge is 2.08. The van der Waals surface area contributed by atoms with Crippen LogP contribution in [-0.4, -0.2) is 25.4 Å². The molecule has 0 bridgehead atoms. The predicted molar refractivity (Wildman–Crippen MR) is 56.4 cm³/mol. The van der Waals surface area contributed by atoms with E-state index in [1.807, 2.05) is 12.1 Å². The Morgan fingerprint density at radius 3 is 2.60 bits per heavy atom. The van der Waals surface area contributed by atoms with E-state index < -0.39 is 0 Å². The second-order valence-electron chi connectivity index (χ2n) is 3.01. The minimum absolute atomic E-state index is 0.0222. The number of aliphatic hydroxyl groups is 1. The zero-order chi connectivity index (χ0) is 11.1. The van der Waals surface area contributed by atoms with Gasteiger partial charge in [-0.1, -0.05) is 12.1 Å². The van der Waals surface area contributed by atoms with Crippen molar-refractivity contribution in [1.82, 2.24) is 5.32 Å². The van der Waals surface area contributed by atoms with Crippen LogP contribution in [0.1, 0.15) is 11.6 Å². The van der Waals surface area contributed by atoms with Crippen LogP contribution in [0.3, 0.4) is 0 Å². The van der Waals surface area contributed by atoms with Crippen LogP contribution in [-0.2, 0) is 0 Å². The maximum Gasteiger partial charge on any atom is 0.121 e. The van der Waals surface area contributed by atoms with Gasteiger partial charge in [-0.3, -0.25) is 5.32 Å². The first-order valence-corrected chi connectivity index (χ1v) is 4.69. The van der Waals surface area contributed by atoms with Gasteiger partial charge >= 0.3 is 0 Å². The van der Waals surface area contributed by atoms with E-state index >= 15 is 0 Å². The fourth-order valence-corrected chi connectivity index (χ4v) is 1.24. The third-order valence-corrected chi connectivity index (χ3v) is 2.04. The number of hydrogen-bond acceptors (Lipinski definition) is 4. The summed E-state index contributed by atoms with van der Waals surface area (Å²) in [5, 5.41) is 20.5. The van der Waals surface area contributed by atoms with Gasteiger partial charge in [0, 0.05) is 6.54 Å². The van der Waals surface area contributed by atoms with E-state index in [-0.39, 0.29) is 12.6 Å². The summed E-state index contributed by atoms with van der Waals surface area (Å²) in [6, 6.07) is 9.01. The lowest BCUT2D eigenvalue weighted by Crippen LogP contribution is -2.23. The molecule has 0 amide bonds. The number of hydrogen-bond donors (Lipinski definition) is 2. The molecule has 1 unspecified atom stereocenters. The second kappa shape index (κ2) is 6.02. The van der Waals surface area contributed by atoms with Gasteiger partial charge in [0.1, 0.15) is 11.8 Å². The summed E-state index contributed by atoms with van der Waals surface area (Å²) >= 11 is 0. The SMILES string of the molecule is COc1ccc(C(C#N)NCCO)cc1. The number of nitrogens with zero attached hydrogens (tertiary/aromatic N) is 1. The molecule has 4 nitrogen and oxygen atoms in total. The first kappa shape index (κ1) is 11.5. The molecule has 15 heavy (non-hydrogen) atoms. The molecule has 1 atom stereocenters. The van der Waals surface area contributed by atoms with Crippen molar-refractivity contribution in [3.8, 4) is 11.8 Å². The lowest BCUT2D eigenvalue weighted by molar-refractivity contribution is 0.289. The van der Waals surface area contributed by atoms with Crippen LogP contribution in [0.5, 0.6) is 5.75 Å². The smallest absolute Gasteiger partial charge is 0.121 e.